The summed E-state index contributed by atoms with van der Waals surface area (Å²) < 4.78 is 17.4. The van der Waals surface area contributed by atoms with Gasteiger partial charge in [0.2, 0.25) is 11.8 Å². The van der Waals surface area contributed by atoms with Crippen LogP contribution < -0.4 is 40.4 Å². The Balaban J connectivity index is 0.000000223. The summed E-state index contributed by atoms with van der Waals surface area (Å²) in [4.78, 5) is 86.9. The lowest BCUT2D eigenvalue weighted by Gasteiger charge is -2.62. The molecule has 14 rings (SSSR count). The summed E-state index contributed by atoms with van der Waals surface area (Å²) >= 11 is 0. The second kappa shape index (κ2) is 36.6. The normalized spacial score (nSPS) is 27.5. The van der Waals surface area contributed by atoms with Crippen molar-refractivity contribution in [3.05, 3.63) is 135 Å². The van der Waals surface area contributed by atoms with Crippen molar-refractivity contribution < 1.29 is 68.4 Å². The molecule has 2 heterocycles. The summed E-state index contributed by atoms with van der Waals surface area (Å²) in [5, 5.41) is 71.2. The van der Waals surface area contributed by atoms with E-state index in [2.05, 4.69) is 72.6 Å². The molecule has 2 aliphatic heterocycles. The summed E-state index contributed by atoms with van der Waals surface area (Å²) in [5.41, 5.74) is 6.81. The van der Waals surface area contributed by atoms with Crippen molar-refractivity contribution in [1.82, 2.24) is 41.2 Å². The van der Waals surface area contributed by atoms with Gasteiger partial charge in [0.25, 0.3) is 17.5 Å². The molecule has 7 saturated carbocycles. The number of nitrogens with zero attached hydrogens (tertiary/aromatic N) is 6. The van der Waals surface area contributed by atoms with Crippen LogP contribution in [0.1, 0.15) is 151 Å². The Kier molecular flexibility index (Phi) is 27.8. The number of hydroxylamine groups is 4. The second-order valence-corrected chi connectivity index (χ2v) is 35.4. The average molecular weight is 1560 g/mol. The Morgan fingerprint density at radius 3 is 1.50 bits per heavy atom. The molecule has 25 nitrogen and oxygen atoms in total. The van der Waals surface area contributed by atoms with Crippen molar-refractivity contribution in [3.63, 3.8) is 0 Å². The molecule has 4 bridgehead atoms. The number of benzene rings is 5. The molecule has 113 heavy (non-hydrogen) atoms. The zero-order valence-corrected chi connectivity index (χ0v) is 69.5. The Labute approximate surface area is 668 Å². The molecule has 618 valence electrons. The van der Waals surface area contributed by atoms with Crippen LogP contribution in [0, 0.1) is 74.2 Å². The maximum absolute atomic E-state index is 14.3. The van der Waals surface area contributed by atoms with Gasteiger partial charge < -0.3 is 70.6 Å². The van der Waals surface area contributed by atoms with Crippen molar-refractivity contribution in [1.29, 1.82) is 0 Å². The van der Waals surface area contributed by atoms with Crippen LogP contribution >= 0.6 is 0 Å². The van der Waals surface area contributed by atoms with E-state index in [0.29, 0.717) is 94.7 Å². The fourth-order valence-corrected chi connectivity index (χ4v) is 20.2. The zero-order valence-electron chi connectivity index (χ0n) is 69.5. The van der Waals surface area contributed by atoms with Gasteiger partial charge in [-0.1, -0.05) is 109 Å². The summed E-state index contributed by atoms with van der Waals surface area (Å²) in [6.07, 6.45) is 6.88. The minimum absolute atomic E-state index is 0.00657. The van der Waals surface area contributed by atoms with E-state index in [9.17, 15) is 49.7 Å². The smallest absolute Gasteiger partial charge is 0.270 e. The lowest BCUT2D eigenvalue weighted by molar-refractivity contribution is -0.384. The van der Waals surface area contributed by atoms with Gasteiger partial charge in [-0.25, -0.2) is 0 Å². The standard InChI is InChI=1S/C46H65N5O7.C42H61N5O8/c1-27-38-22-33(46(38,3)4)23-39(27)48-45(55)42-41(28(2)53)40(26-52)58-51(42)24-30-12-11-13-37(43(30)57-10)31-19-32(21-35(20-31)50(7)8)44(54)47-34(25-49(5)6)18-29-14-16-36(56-9)17-15-29;1-24-33-19-30(42(33,3)4)20-34(24)43-41(51)38-37(25(2)49)36(23-48)55-46(38)21-27-14-11-15-32(39(27)54-7)28-16-29(18-31(17-28)47(52)53)40(50)44-35(22-45(5)6)26-12-9-8-10-13-26/h11-17,19-21,27-28,33-34,38-42,52-53H,18,22-26H2,1-10H3,(H,47,54)(H,48,55);11,14-18,24-26,30,33-38,48-49H,8-10,12-13,19-23H2,1-7H3,(H,43,51)(H,44,50)/t27-,28-,33+,34-,38-,39-,40-,41?,42-;24-,25-,30+,33-,34-,35+,36-,37+,38-/m00/s1. The van der Waals surface area contributed by atoms with Crippen LogP contribution in [-0.2, 0) is 38.8 Å². The molecule has 1 unspecified atom stereocenters. The van der Waals surface area contributed by atoms with Crippen LogP contribution in [0.4, 0.5) is 11.4 Å². The highest BCUT2D eigenvalue weighted by Crippen LogP contribution is 2.62. The first-order chi connectivity index (χ1) is 53.7. The topological polar surface area (TPSA) is 303 Å². The third-order valence-electron chi connectivity index (χ3n) is 26.7. The number of aliphatic hydroxyl groups is 4. The number of amides is 4. The first kappa shape index (κ1) is 86.0. The van der Waals surface area contributed by atoms with Crippen LogP contribution in [0.3, 0.4) is 0 Å². The predicted molar refractivity (Wildman–Crippen MR) is 436 cm³/mol. The fraction of sp³-hybridized carbons (Fsp3) is 0.614. The number of aliphatic hydroxyl groups excluding tert-OH is 4. The van der Waals surface area contributed by atoms with E-state index in [-0.39, 0.29) is 96.2 Å². The number of hydrogen-bond acceptors (Lipinski definition) is 20. The summed E-state index contributed by atoms with van der Waals surface area (Å²) in [6.45, 7) is 17.8. The minimum Gasteiger partial charge on any atom is -0.497 e. The molecule has 5 aromatic rings. The van der Waals surface area contributed by atoms with Gasteiger partial charge in [0.15, 0.2) is 0 Å². The third kappa shape index (κ3) is 18.9. The van der Waals surface area contributed by atoms with Crippen molar-refractivity contribution in [2.75, 3.05) is 94.8 Å². The summed E-state index contributed by atoms with van der Waals surface area (Å²) in [6, 6.07) is 27.3. The van der Waals surface area contributed by atoms with Gasteiger partial charge in [0.1, 0.15) is 41.5 Å². The van der Waals surface area contributed by atoms with E-state index in [1.807, 2.05) is 114 Å². The largest absolute Gasteiger partial charge is 0.497 e. The Hall–Kier alpha value is -7.82. The number of rotatable bonds is 30. The van der Waals surface area contributed by atoms with Crippen LogP contribution in [-0.4, -0.2) is 219 Å². The number of para-hydroxylation sites is 2. The monoisotopic (exact) mass is 1560 g/mol. The highest BCUT2D eigenvalue weighted by Gasteiger charge is 2.59. The molecule has 9 aliphatic rings. The van der Waals surface area contributed by atoms with Crippen molar-refractivity contribution >= 4 is 35.0 Å². The van der Waals surface area contributed by atoms with Crippen molar-refractivity contribution in [2.24, 2.45) is 64.1 Å². The van der Waals surface area contributed by atoms with E-state index in [0.717, 1.165) is 72.2 Å². The number of methoxy groups -OCH3 is 3. The van der Waals surface area contributed by atoms with E-state index >= 15 is 0 Å². The number of nitro groups is 1. The number of nitro benzene ring substituents is 1. The highest BCUT2D eigenvalue weighted by atomic mass is 16.7. The first-order valence-electron chi connectivity index (χ1n) is 40.7. The number of fused-ring (bicyclic) bond motifs is 4. The number of hydrogen-bond donors (Lipinski definition) is 8. The Bertz CT molecular complexity index is 4130. The fourth-order valence-electron chi connectivity index (χ4n) is 20.2. The van der Waals surface area contributed by atoms with Crippen LogP contribution in [0.25, 0.3) is 22.3 Å². The quantitative estimate of drug-likeness (QED) is 0.0157. The zero-order chi connectivity index (χ0) is 81.8. The molecule has 5 aromatic carbocycles. The molecule has 9 fully saturated rings. The van der Waals surface area contributed by atoms with Gasteiger partial charge in [-0.15, -0.1) is 0 Å². The molecule has 7 aliphatic carbocycles. The van der Waals surface area contributed by atoms with Crippen molar-refractivity contribution in [2.45, 2.75) is 193 Å². The number of ether oxygens (including phenoxy) is 3. The predicted octanol–water partition coefficient (Wildman–Crippen LogP) is 10.2. The van der Waals surface area contributed by atoms with E-state index in [4.69, 9.17) is 23.9 Å². The first-order valence-corrected chi connectivity index (χ1v) is 40.7. The van der Waals surface area contributed by atoms with Gasteiger partial charge in [0, 0.05) is 114 Å². The molecule has 8 N–H and O–H groups in total. The van der Waals surface area contributed by atoms with Gasteiger partial charge in [0.05, 0.1) is 64.8 Å². The Morgan fingerprint density at radius 1 is 0.611 bits per heavy atom. The highest BCUT2D eigenvalue weighted by molar-refractivity contribution is 5.98. The lowest BCUT2D eigenvalue weighted by Crippen LogP contribution is -2.62. The number of anilines is 1. The van der Waals surface area contributed by atoms with E-state index < -0.39 is 53.3 Å². The van der Waals surface area contributed by atoms with E-state index in [1.54, 1.807) is 51.3 Å². The third-order valence-corrected chi connectivity index (χ3v) is 26.7. The summed E-state index contributed by atoms with van der Waals surface area (Å²) in [5.74, 6) is 2.50. The van der Waals surface area contributed by atoms with Crippen LogP contribution in [0.5, 0.6) is 17.2 Å². The maximum atomic E-state index is 14.3. The number of likely N-dealkylation sites (N-methyl/N-ethyl adjacent to an activating group) is 2. The van der Waals surface area contributed by atoms with Crippen LogP contribution in [0.15, 0.2) is 97.1 Å². The number of carbonyl (C=O) groups excluding carboxylic acids is 4. The maximum Gasteiger partial charge on any atom is 0.270 e. The van der Waals surface area contributed by atoms with Crippen molar-refractivity contribution in [3.8, 4) is 39.5 Å². The van der Waals surface area contributed by atoms with E-state index in [1.165, 1.54) is 43.6 Å². The molecule has 2 saturated heterocycles. The molecule has 25 heteroatoms. The molecular weight excluding hydrogens is 1440 g/mol. The number of non-ortho nitro benzene ring substituents is 1. The molecule has 0 aromatic heterocycles. The van der Waals surface area contributed by atoms with Gasteiger partial charge in [-0.3, -0.25) is 39.0 Å². The van der Waals surface area contributed by atoms with Gasteiger partial charge in [-0.2, -0.15) is 10.1 Å². The molecule has 4 amide bonds. The molecule has 18 atom stereocenters. The van der Waals surface area contributed by atoms with Crippen LogP contribution in [0.2, 0.25) is 0 Å². The van der Waals surface area contributed by atoms with Gasteiger partial charge >= 0.3 is 0 Å². The second-order valence-electron chi connectivity index (χ2n) is 35.4. The number of carbonyl (C=O) groups is 4. The lowest BCUT2D eigenvalue weighted by atomic mass is 9.45. The Morgan fingerprint density at radius 2 is 1.08 bits per heavy atom. The van der Waals surface area contributed by atoms with Gasteiger partial charge in [-0.05, 0) is 192 Å². The summed E-state index contributed by atoms with van der Waals surface area (Å²) in [7, 11) is 16.6. The SMILES string of the molecule is COc1c(CN2O[C@@H](CO)[C@@H]([C@H](C)O)[C@H]2C(=O)N[C@H]2C[C@H]3C[C@@H]([C@@H]2C)C3(C)C)cccc1-c1cc(C(=O)N[C@H](CN(C)C)C2CCCCC2)cc([N+](=O)[O-])c1.COc1ccc(C[C@@H](CN(C)C)NC(=O)c2cc(-c3cccc(CN4O[C@@H](CO)C([C@H](C)O)[C@H]4C(=O)N[C@H]4C[C@H]5C[C@@H]([C@@H]4C)C5(C)C)c3OC)cc(N(C)C)c2)cc1. The minimum atomic E-state index is -0.952. The average Bonchev–Trinajstić information content (AvgIpc) is 1.10. The molecule has 0 radical (unpaired) electrons. The number of nitrogens with one attached hydrogen (secondary N) is 4. The molecular formula is C88H126N10O15. The molecule has 0 spiro atoms.